The lowest BCUT2D eigenvalue weighted by Crippen LogP contribution is -2.37. The molecule has 1 N–H and O–H groups in total. The van der Waals surface area contributed by atoms with Crippen molar-refractivity contribution in [2.24, 2.45) is 0 Å². The number of fused-ring (bicyclic) bond motifs is 1. The van der Waals surface area contributed by atoms with Gasteiger partial charge in [-0.2, -0.15) is 0 Å². The van der Waals surface area contributed by atoms with Crippen molar-refractivity contribution in [1.29, 1.82) is 0 Å². The number of carbonyl (C=O) groups is 2. The van der Waals surface area contributed by atoms with Crippen LogP contribution in [-0.4, -0.2) is 28.5 Å². The fraction of sp³-hybridized carbons (Fsp3) is 0.333. The van der Waals surface area contributed by atoms with Crippen molar-refractivity contribution in [3.05, 3.63) is 46.7 Å². The lowest BCUT2D eigenvalue weighted by atomic mass is 10.1. The van der Waals surface area contributed by atoms with E-state index in [1.807, 2.05) is 35.2 Å². The summed E-state index contributed by atoms with van der Waals surface area (Å²) in [5.41, 5.74) is 0.842. The van der Waals surface area contributed by atoms with Crippen LogP contribution in [0.2, 0.25) is 0 Å². The summed E-state index contributed by atoms with van der Waals surface area (Å²) in [5.74, 6) is 0.0110. The first kappa shape index (κ1) is 15.7. The first-order chi connectivity index (χ1) is 11.7. The molecule has 2 amide bonds. The molecule has 0 radical (unpaired) electrons. The number of nitrogens with one attached hydrogen (secondary N) is 1. The lowest BCUT2D eigenvalue weighted by Gasteiger charge is -2.28. The summed E-state index contributed by atoms with van der Waals surface area (Å²) in [5, 5.41) is 4.62. The number of thiophene rings is 1. The molecule has 124 valence electrons. The van der Waals surface area contributed by atoms with Crippen molar-refractivity contribution < 1.29 is 9.59 Å². The van der Waals surface area contributed by atoms with Crippen molar-refractivity contribution in [3.8, 4) is 0 Å². The van der Waals surface area contributed by atoms with Crippen LogP contribution in [0.3, 0.4) is 0 Å². The van der Waals surface area contributed by atoms with Gasteiger partial charge in [-0.15, -0.1) is 23.1 Å². The van der Waals surface area contributed by atoms with Crippen LogP contribution >= 0.6 is 23.1 Å². The molecular formula is C18H18N2O2S2. The lowest BCUT2D eigenvalue weighted by molar-refractivity contribution is -0.133. The Morgan fingerprint density at radius 3 is 2.96 bits per heavy atom. The molecule has 3 heterocycles. The normalized spacial score (nSPS) is 23.0. The van der Waals surface area contributed by atoms with Crippen molar-refractivity contribution >= 4 is 40.6 Å². The molecule has 4 nitrogen and oxygen atoms in total. The Morgan fingerprint density at radius 2 is 2.12 bits per heavy atom. The van der Waals surface area contributed by atoms with Gasteiger partial charge in [0.15, 0.2) is 0 Å². The van der Waals surface area contributed by atoms with E-state index in [9.17, 15) is 9.59 Å². The first-order valence-corrected chi connectivity index (χ1v) is 9.88. The van der Waals surface area contributed by atoms with E-state index < -0.39 is 0 Å². The van der Waals surface area contributed by atoms with Crippen LogP contribution in [0.4, 0.5) is 5.69 Å². The van der Waals surface area contributed by atoms with Crippen LogP contribution < -0.4 is 5.32 Å². The molecule has 0 saturated carbocycles. The maximum atomic E-state index is 12.8. The van der Waals surface area contributed by atoms with Crippen LogP contribution in [0.5, 0.6) is 0 Å². The zero-order chi connectivity index (χ0) is 16.5. The van der Waals surface area contributed by atoms with Gasteiger partial charge in [-0.3, -0.25) is 9.59 Å². The Kier molecular flexibility index (Phi) is 4.33. The van der Waals surface area contributed by atoms with E-state index in [-0.39, 0.29) is 29.5 Å². The zero-order valence-electron chi connectivity index (χ0n) is 13.1. The Hall–Kier alpha value is -1.79. The smallest absolute Gasteiger partial charge is 0.238 e. The van der Waals surface area contributed by atoms with Crippen molar-refractivity contribution in [1.82, 2.24) is 4.90 Å². The average Bonchev–Trinajstić information content (AvgIpc) is 3.26. The third kappa shape index (κ3) is 2.96. The van der Waals surface area contributed by atoms with Crippen LogP contribution in [0, 0.1) is 0 Å². The number of amides is 2. The molecule has 1 aromatic carbocycles. The van der Waals surface area contributed by atoms with Crippen LogP contribution in [0.25, 0.3) is 0 Å². The molecule has 1 aromatic heterocycles. The van der Waals surface area contributed by atoms with Crippen LogP contribution in [-0.2, 0) is 9.59 Å². The molecule has 0 spiro atoms. The zero-order valence-corrected chi connectivity index (χ0v) is 14.7. The summed E-state index contributed by atoms with van der Waals surface area (Å²) in [6, 6.07) is 12.0. The van der Waals surface area contributed by atoms with Crippen LogP contribution in [0.1, 0.15) is 30.2 Å². The van der Waals surface area contributed by atoms with Gasteiger partial charge in [0.05, 0.1) is 17.0 Å². The maximum Gasteiger partial charge on any atom is 0.238 e. The number of rotatable bonds is 3. The van der Waals surface area contributed by atoms with E-state index in [1.54, 1.807) is 11.3 Å². The van der Waals surface area contributed by atoms with Crippen molar-refractivity contribution in [3.63, 3.8) is 0 Å². The van der Waals surface area contributed by atoms with Crippen molar-refractivity contribution in [2.45, 2.75) is 35.4 Å². The molecule has 2 aliphatic rings. The van der Waals surface area contributed by atoms with E-state index in [4.69, 9.17) is 0 Å². The summed E-state index contributed by atoms with van der Waals surface area (Å²) >= 11 is 3.19. The van der Waals surface area contributed by atoms with E-state index >= 15 is 0 Å². The minimum Gasteiger partial charge on any atom is -0.335 e. The molecule has 6 heteroatoms. The number of carbonyl (C=O) groups excluding carboxylic acids is 2. The second kappa shape index (κ2) is 6.61. The highest BCUT2D eigenvalue weighted by atomic mass is 32.2. The molecule has 2 aromatic rings. The molecular weight excluding hydrogens is 340 g/mol. The highest BCUT2D eigenvalue weighted by molar-refractivity contribution is 8.01. The van der Waals surface area contributed by atoms with Gasteiger partial charge in [-0.25, -0.2) is 0 Å². The molecule has 0 bridgehead atoms. The number of hydrogen-bond donors (Lipinski definition) is 1. The quantitative estimate of drug-likeness (QED) is 0.905. The predicted octanol–water partition coefficient (Wildman–Crippen LogP) is 3.91. The first-order valence-electron chi connectivity index (χ1n) is 8.12. The Morgan fingerprint density at radius 1 is 1.25 bits per heavy atom. The van der Waals surface area contributed by atoms with Gasteiger partial charge < -0.3 is 10.2 Å². The number of nitrogens with zero attached hydrogens (tertiary/aromatic N) is 1. The largest absolute Gasteiger partial charge is 0.335 e. The molecule has 2 atom stereocenters. The summed E-state index contributed by atoms with van der Waals surface area (Å²) in [6.45, 7) is 0.789. The second-order valence-corrected chi connectivity index (χ2v) is 8.28. The summed E-state index contributed by atoms with van der Waals surface area (Å²) < 4.78 is 0. The fourth-order valence-corrected chi connectivity index (χ4v) is 5.32. The highest BCUT2D eigenvalue weighted by Crippen LogP contribution is 2.39. The third-order valence-electron chi connectivity index (χ3n) is 4.51. The Labute approximate surface area is 149 Å². The predicted molar refractivity (Wildman–Crippen MR) is 97.3 cm³/mol. The van der Waals surface area contributed by atoms with Gasteiger partial charge in [-0.1, -0.05) is 18.2 Å². The van der Waals surface area contributed by atoms with Gasteiger partial charge >= 0.3 is 0 Å². The van der Waals surface area contributed by atoms with E-state index in [2.05, 4.69) is 16.8 Å². The fourth-order valence-electron chi connectivity index (χ4n) is 3.34. The van der Waals surface area contributed by atoms with Gasteiger partial charge in [-0.05, 0) is 36.4 Å². The molecule has 2 aliphatic heterocycles. The van der Waals surface area contributed by atoms with E-state index in [0.29, 0.717) is 0 Å². The summed E-state index contributed by atoms with van der Waals surface area (Å²) in [6.07, 6.45) is 2.30. The standard InChI is InChI=1S/C18H18N2O2S2/c21-17(20-9-3-6-13(20)15-8-4-10-23-15)11-16-18(22)19-12-5-1-2-7-14(12)24-16/h1-2,4-5,7-8,10,13,16H,3,6,9,11H2,(H,19,22). The number of para-hydroxylation sites is 1. The minimum atomic E-state index is -0.350. The summed E-state index contributed by atoms with van der Waals surface area (Å²) in [7, 11) is 0. The summed E-state index contributed by atoms with van der Waals surface area (Å²) in [4.78, 5) is 29.4. The molecule has 4 rings (SSSR count). The minimum absolute atomic E-state index is 0.0704. The Bertz CT molecular complexity index is 760. The number of hydrogen-bond acceptors (Lipinski definition) is 4. The average molecular weight is 358 g/mol. The molecule has 0 aliphatic carbocycles. The molecule has 1 fully saturated rings. The topological polar surface area (TPSA) is 49.4 Å². The number of anilines is 1. The number of thioether (sulfide) groups is 1. The molecule has 1 saturated heterocycles. The van der Waals surface area contributed by atoms with E-state index in [1.165, 1.54) is 16.6 Å². The van der Waals surface area contributed by atoms with Gasteiger partial charge in [0.25, 0.3) is 0 Å². The van der Waals surface area contributed by atoms with Crippen LogP contribution in [0.15, 0.2) is 46.7 Å². The van der Waals surface area contributed by atoms with Crippen molar-refractivity contribution in [2.75, 3.05) is 11.9 Å². The van der Waals surface area contributed by atoms with Gasteiger partial charge in [0.2, 0.25) is 11.8 Å². The van der Waals surface area contributed by atoms with Gasteiger partial charge in [0.1, 0.15) is 0 Å². The Balaban J connectivity index is 1.47. The van der Waals surface area contributed by atoms with Gasteiger partial charge in [0, 0.05) is 22.7 Å². The number of benzene rings is 1. The second-order valence-electron chi connectivity index (χ2n) is 6.06. The number of likely N-dealkylation sites (tertiary alicyclic amines) is 1. The maximum absolute atomic E-state index is 12.8. The SMILES string of the molecule is O=C1Nc2ccccc2SC1CC(=O)N1CCCC1c1cccs1. The molecule has 24 heavy (non-hydrogen) atoms. The highest BCUT2D eigenvalue weighted by Gasteiger charge is 2.35. The monoisotopic (exact) mass is 358 g/mol. The third-order valence-corrected chi connectivity index (χ3v) is 6.76. The molecule has 2 unspecified atom stereocenters. The van der Waals surface area contributed by atoms with E-state index in [0.717, 1.165) is 30.0 Å².